The lowest BCUT2D eigenvalue weighted by Crippen LogP contribution is -2.48. The van der Waals surface area contributed by atoms with E-state index in [0.29, 0.717) is 13.1 Å². The molecule has 0 bridgehead atoms. The fourth-order valence-corrected chi connectivity index (χ4v) is 4.31. The first-order valence-electron chi connectivity index (χ1n) is 8.94. The van der Waals surface area contributed by atoms with Crippen molar-refractivity contribution in [3.05, 3.63) is 58.6 Å². The van der Waals surface area contributed by atoms with Gasteiger partial charge in [0.05, 0.1) is 23.4 Å². The van der Waals surface area contributed by atoms with Crippen LogP contribution in [0.2, 0.25) is 0 Å². The van der Waals surface area contributed by atoms with E-state index in [1.807, 2.05) is 18.2 Å². The van der Waals surface area contributed by atoms with Gasteiger partial charge in [0.1, 0.15) is 11.9 Å². The van der Waals surface area contributed by atoms with Crippen LogP contribution in [0.3, 0.4) is 0 Å². The molecule has 2 atom stereocenters. The zero-order chi connectivity index (χ0) is 19.6. The van der Waals surface area contributed by atoms with Crippen molar-refractivity contribution in [1.29, 1.82) is 15.8 Å². The van der Waals surface area contributed by atoms with Gasteiger partial charge < -0.3 is 5.73 Å². The van der Waals surface area contributed by atoms with E-state index in [2.05, 4.69) is 17.9 Å². The van der Waals surface area contributed by atoms with Crippen molar-refractivity contribution in [2.24, 2.45) is 17.1 Å². The maximum absolute atomic E-state index is 14.7. The van der Waals surface area contributed by atoms with Gasteiger partial charge in [-0.25, -0.2) is 4.39 Å². The lowest BCUT2D eigenvalue weighted by atomic mass is 9.58. The zero-order valence-corrected chi connectivity index (χ0v) is 15.1. The summed E-state index contributed by atoms with van der Waals surface area (Å²) in [6.45, 7) is 4.12. The third kappa shape index (κ3) is 2.78. The molecule has 0 saturated carbocycles. The molecule has 1 aromatic rings. The van der Waals surface area contributed by atoms with Gasteiger partial charge in [-0.15, -0.1) is 0 Å². The van der Waals surface area contributed by atoms with Crippen LogP contribution in [-0.4, -0.2) is 24.5 Å². The molecule has 27 heavy (non-hydrogen) atoms. The summed E-state index contributed by atoms with van der Waals surface area (Å²) < 4.78 is 14.7. The first kappa shape index (κ1) is 18.6. The fraction of sp³-hybridized carbons (Fsp3) is 0.381. The highest BCUT2D eigenvalue weighted by Gasteiger charge is 2.55. The second-order valence-electron chi connectivity index (χ2n) is 6.96. The molecule has 0 spiro atoms. The Balaban J connectivity index is 2.30. The van der Waals surface area contributed by atoms with E-state index in [4.69, 9.17) is 5.73 Å². The van der Waals surface area contributed by atoms with Crippen LogP contribution in [-0.2, 0) is 0 Å². The Morgan fingerprint density at radius 3 is 2.56 bits per heavy atom. The van der Waals surface area contributed by atoms with Crippen molar-refractivity contribution in [2.45, 2.75) is 19.3 Å². The topological polar surface area (TPSA) is 101 Å². The van der Waals surface area contributed by atoms with Crippen molar-refractivity contribution in [3.8, 4) is 18.2 Å². The Bertz CT molecular complexity index is 927. The maximum atomic E-state index is 14.7. The molecule has 6 heteroatoms. The highest BCUT2D eigenvalue weighted by molar-refractivity contribution is 5.59. The average molecular weight is 361 g/mol. The SMILES string of the molecule is CCCN1CC=C2C(C#N)=C(N)C(C#N)(C#N)C(c3ccccc3F)C2C1. The molecule has 0 fully saturated rings. The summed E-state index contributed by atoms with van der Waals surface area (Å²) in [6, 6.07) is 12.3. The number of halogens is 1. The van der Waals surface area contributed by atoms with Crippen molar-refractivity contribution in [1.82, 2.24) is 4.90 Å². The van der Waals surface area contributed by atoms with Crippen molar-refractivity contribution in [3.63, 3.8) is 0 Å². The third-order valence-electron chi connectivity index (χ3n) is 5.52. The Morgan fingerprint density at radius 2 is 1.96 bits per heavy atom. The van der Waals surface area contributed by atoms with Gasteiger partial charge in [0, 0.05) is 24.9 Å². The first-order valence-corrected chi connectivity index (χ1v) is 8.94. The lowest BCUT2D eigenvalue weighted by molar-refractivity contribution is 0.205. The monoisotopic (exact) mass is 361 g/mol. The number of benzene rings is 1. The molecule has 1 aliphatic carbocycles. The Kier molecular flexibility index (Phi) is 5.00. The summed E-state index contributed by atoms with van der Waals surface area (Å²) >= 11 is 0. The normalized spacial score (nSPS) is 24.2. The summed E-state index contributed by atoms with van der Waals surface area (Å²) in [5, 5.41) is 29.6. The summed E-state index contributed by atoms with van der Waals surface area (Å²) in [5.41, 5.74) is 5.53. The van der Waals surface area contributed by atoms with Gasteiger partial charge in [0.2, 0.25) is 0 Å². The van der Waals surface area contributed by atoms with Gasteiger partial charge in [0.25, 0.3) is 0 Å². The molecule has 1 aromatic carbocycles. The molecule has 1 heterocycles. The smallest absolute Gasteiger partial charge is 0.191 e. The molecule has 0 amide bonds. The van der Waals surface area contributed by atoms with Gasteiger partial charge in [0.15, 0.2) is 5.41 Å². The van der Waals surface area contributed by atoms with Crippen LogP contribution in [0.25, 0.3) is 0 Å². The molecular formula is C21H20FN5. The average Bonchev–Trinajstić information content (AvgIpc) is 2.68. The second-order valence-corrected chi connectivity index (χ2v) is 6.96. The van der Waals surface area contributed by atoms with E-state index in [9.17, 15) is 20.2 Å². The fourth-order valence-electron chi connectivity index (χ4n) is 4.31. The van der Waals surface area contributed by atoms with Crippen LogP contribution in [0.1, 0.15) is 24.8 Å². The standard InChI is InChI=1S/C21H20FN5/c1-2-8-27-9-7-14-16(10-23)20(26)21(12-24,13-25)19(17(14)11-27)15-5-3-4-6-18(15)22/h3-7,17,19H,2,8-9,11,26H2,1H3. The van der Waals surface area contributed by atoms with Gasteiger partial charge >= 0.3 is 0 Å². The minimum atomic E-state index is -1.79. The van der Waals surface area contributed by atoms with E-state index in [-0.39, 0.29) is 22.8 Å². The Hall–Kier alpha value is -3.14. The number of nitrogens with two attached hydrogens (primary N) is 1. The minimum absolute atomic E-state index is 0.0744. The van der Waals surface area contributed by atoms with Crippen LogP contribution < -0.4 is 5.73 Å². The number of rotatable bonds is 3. The van der Waals surface area contributed by atoms with E-state index in [0.717, 1.165) is 18.5 Å². The van der Waals surface area contributed by atoms with E-state index in [1.165, 1.54) is 6.07 Å². The molecule has 5 nitrogen and oxygen atoms in total. The second kappa shape index (κ2) is 7.23. The quantitative estimate of drug-likeness (QED) is 0.892. The summed E-state index contributed by atoms with van der Waals surface area (Å²) in [5.74, 6) is -1.61. The number of allylic oxidation sites excluding steroid dienone is 2. The van der Waals surface area contributed by atoms with Crippen LogP contribution in [0, 0.1) is 51.1 Å². The predicted molar refractivity (Wildman–Crippen MR) is 97.9 cm³/mol. The zero-order valence-electron chi connectivity index (χ0n) is 15.1. The molecule has 2 unspecified atom stereocenters. The molecule has 2 N–H and O–H groups in total. The van der Waals surface area contributed by atoms with E-state index < -0.39 is 17.2 Å². The largest absolute Gasteiger partial charge is 0.399 e. The minimum Gasteiger partial charge on any atom is -0.399 e. The van der Waals surface area contributed by atoms with Gasteiger partial charge in [-0.2, -0.15) is 15.8 Å². The lowest BCUT2D eigenvalue weighted by Gasteiger charge is -2.45. The number of hydrogen-bond donors (Lipinski definition) is 1. The van der Waals surface area contributed by atoms with Crippen LogP contribution >= 0.6 is 0 Å². The van der Waals surface area contributed by atoms with Crippen molar-refractivity contribution < 1.29 is 4.39 Å². The summed E-state index contributed by atoms with van der Waals surface area (Å²) in [4.78, 5) is 2.19. The number of nitrogens with zero attached hydrogens (tertiary/aromatic N) is 4. The van der Waals surface area contributed by atoms with Gasteiger partial charge in [-0.1, -0.05) is 31.2 Å². The highest BCUT2D eigenvalue weighted by atomic mass is 19.1. The Morgan fingerprint density at radius 1 is 1.26 bits per heavy atom. The Labute approximate surface area is 158 Å². The highest BCUT2D eigenvalue weighted by Crippen LogP contribution is 2.54. The van der Waals surface area contributed by atoms with Crippen molar-refractivity contribution in [2.75, 3.05) is 19.6 Å². The first-order chi connectivity index (χ1) is 13.0. The summed E-state index contributed by atoms with van der Waals surface area (Å²) in [7, 11) is 0. The van der Waals surface area contributed by atoms with Crippen molar-refractivity contribution >= 4 is 0 Å². The van der Waals surface area contributed by atoms with Crippen LogP contribution in [0.4, 0.5) is 4.39 Å². The number of fused-ring (bicyclic) bond motifs is 1. The molecule has 0 aromatic heterocycles. The number of hydrogen-bond acceptors (Lipinski definition) is 5. The van der Waals surface area contributed by atoms with Crippen LogP contribution in [0.5, 0.6) is 0 Å². The van der Waals surface area contributed by atoms with Gasteiger partial charge in [-0.3, -0.25) is 4.90 Å². The number of nitriles is 3. The molecular weight excluding hydrogens is 341 g/mol. The molecule has 0 saturated heterocycles. The van der Waals surface area contributed by atoms with Crippen LogP contribution in [0.15, 0.2) is 47.2 Å². The summed E-state index contributed by atoms with van der Waals surface area (Å²) in [6.07, 6.45) is 2.88. The molecule has 2 aliphatic rings. The van der Waals surface area contributed by atoms with E-state index in [1.54, 1.807) is 18.2 Å². The maximum Gasteiger partial charge on any atom is 0.191 e. The molecule has 136 valence electrons. The van der Waals surface area contributed by atoms with E-state index >= 15 is 0 Å². The van der Waals surface area contributed by atoms with Gasteiger partial charge in [-0.05, 0) is 30.2 Å². The molecule has 1 aliphatic heterocycles. The molecule has 0 radical (unpaired) electrons. The predicted octanol–water partition coefficient (Wildman–Crippen LogP) is 2.96. The molecule has 3 rings (SSSR count). The third-order valence-corrected chi connectivity index (χ3v) is 5.52.